The van der Waals surface area contributed by atoms with Crippen LogP contribution in [0.3, 0.4) is 0 Å². The van der Waals surface area contributed by atoms with Crippen molar-refractivity contribution >= 4 is 10.1 Å². The SMILES string of the molecule is COCOc1cccc(-c2cc(CCC(C)C)ccc2S(=O)(=O)O)c1. The third-order valence-corrected chi connectivity index (χ3v) is 4.73. The molecule has 0 saturated carbocycles. The highest BCUT2D eigenvalue weighted by atomic mass is 32.2. The Bertz CT molecular complexity index is 812. The van der Waals surface area contributed by atoms with E-state index in [0.717, 1.165) is 18.4 Å². The van der Waals surface area contributed by atoms with Crippen LogP contribution in [-0.4, -0.2) is 26.9 Å². The molecule has 0 spiro atoms. The first-order valence-corrected chi connectivity index (χ1v) is 9.58. The van der Waals surface area contributed by atoms with Crippen LogP contribution in [0.15, 0.2) is 47.4 Å². The van der Waals surface area contributed by atoms with E-state index in [1.54, 1.807) is 30.3 Å². The van der Waals surface area contributed by atoms with E-state index in [9.17, 15) is 13.0 Å². The topological polar surface area (TPSA) is 72.8 Å². The van der Waals surface area contributed by atoms with Crippen molar-refractivity contribution in [3.05, 3.63) is 48.0 Å². The Morgan fingerprint density at radius 2 is 1.88 bits per heavy atom. The Balaban J connectivity index is 2.47. The largest absolute Gasteiger partial charge is 0.468 e. The maximum absolute atomic E-state index is 11.8. The molecule has 2 rings (SSSR count). The molecule has 0 aliphatic carbocycles. The summed E-state index contributed by atoms with van der Waals surface area (Å²) in [4.78, 5) is -0.107. The van der Waals surface area contributed by atoms with Crippen molar-refractivity contribution in [2.45, 2.75) is 31.6 Å². The smallest absolute Gasteiger partial charge is 0.295 e. The molecular formula is C19H24O5S. The Morgan fingerprint density at radius 3 is 2.52 bits per heavy atom. The Morgan fingerprint density at radius 1 is 1.12 bits per heavy atom. The molecule has 0 saturated heterocycles. The lowest BCUT2D eigenvalue weighted by atomic mass is 9.98. The fourth-order valence-electron chi connectivity index (χ4n) is 2.52. The zero-order chi connectivity index (χ0) is 18.4. The fraction of sp³-hybridized carbons (Fsp3) is 0.368. The molecule has 6 heteroatoms. The highest BCUT2D eigenvalue weighted by molar-refractivity contribution is 7.86. The van der Waals surface area contributed by atoms with Gasteiger partial charge in [-0.1, -0.05) is 32.0 Å². The minimum Gasteiger partial charge on any atom is -0.468 e. The summed E-state index contributed by atoms with van der Waals surface area (Å²) in [5, 5.41) is 0. The highest BCUT2D eigenvalue weighted by Gasteiger charge is 2.17. The zero-order valence-corrected chi connectivity index (χ0v) is 15.5. The van der Waals surface area contributed by atoms with Gasteiger partial charge < -0.3 is 9.47 Å². The molecule has 0 radical (unpaired) electrons. The molecule has 1 N–H and O–H groups in total. The number of ether oxygens (including phenoxy) is 2. The third kappa shape index (κ3) is 5.56. The molecule has 0 fully saturated rings. The third-order valence-electron chi connectivity index (χ3n) is 3.82. The average molecular weight is 364 g/mol. The van der Waals surface area contributed by atoms with Crippen molar-refractivity contribution in [1.29, 1.82) is 0 Å². The molecule has 0 aliphatic heterocycles. The number of rotatable bonds is 8. The molecular weight excluding hydrogens is 340 g/mol. The Kier molecular flexibility index (Phi) is 6.58. The van der Waals surface area contributed by atoms with Crippen LogP contribution >= 0.6 is 0 Å². The van der Waals surface area contributed by atoms with Crippen molar-refractivity contribution in [1.82, 2.24) is 0 Å². The summed E-state index contributed by atoms with van der Waals surface area (Å²) in [6, 6.07) is 12.1. The average Bonchev–Trinajstić information content (AvgIpc) is 2.57. The number of hydrogen-bond acceptors (Lipinski definition) is 4. The maximum atomic E-state index is 11.8. The van der Waals surface area contributed by atoms with Gasteiger partial charge in [0.25, 0.3) is 10.1 Å². The second-order valence-corrected chi connectivity index (χ2v) is 7.71. The van der Waals surface area contributed by atoms with E-state index >= 15 is 0 Å². The first-order valence-electron chi connectivity index (χ1n) is 8.14. The summed E-state index contributed by atoms with van der Waals surface area (Å²) in [6.45, 7) is 4.39. The van der Waals surface area contributed by atoms with Gasteiger partial charge in [-0.2, -0.15) is 8.42 Å². The monoisotopic (exact) mass is 364 g/mol. The molecule has 5 nitrogen and oxygen atoms in total. The van der Waals surface area contributed by atoms with Crippen molar-refractivity contribution in [2.75, 3.05) is 13.9 Å². The van der Waals surface area contributed by atoms with Crippen LogP contribution in [0.1, 0.15) is 25.8 Å². The van der Waals surface area contributed by atoms with E-state index in [0.29, 0.717) is 22.8 Å². The lowest BCUT2D eigenvalue weighted by molar-refractivity contribution is 0.0511. The van der Waals surface area contributed by atoms with Gasteiger partial charge in [0.2, 0.25) is 0 Å². The van der Waals surface area contributed by atoms with Gasteiger partial charge in [0, 0.05) is 12.7 Å². The van der Waals surface area contributed by atoms with Gasteiger partial charge in [-0.3, -0.25) is 4.55 Å². The predicted molar refractivity (Wildman–Crippen MR) is 97.4 cm³/mol. The molecule has 0 unspecified atom stereocenters. The minimum absolute atomic E-state index is 0.100. The van der Waals surface area contributed by atoms with Crippen LogP contribution in [0, 0.1) is 5.92 Å². The molecule has 0 amide bonds. The summed E-state index contributed by atoms with van der Waals surface area (Å²) in [5.74, 6) is 1.11. The van der Waals surface area contributed by atoms with Crippen molar-refractivity contribution in [2.24, 2.45) is 5.92 Å². The van der Waals surface area contributed by atoms with Crippen molar-refractivity contribution < 1.29 is 22.4 Å². The van der Waals surface area contributed by atoms with Gasteiger partial charge in [0.15, 0.2) is 6.79 Å². The van der Waals surface area contributed by atoms with Gasteiger partial charge >= 0.3 is 0 Å². The van der Waals surface area contributed by atoms with Gasteiger partial charge in [-0.25, -0.2) is 0 Å². The summed E-state index contributed by atoms with van der Waals surface area (Å²) in [5.41, 5.74) is 2.15. The van der Waals surface area contributed by atoms with Crippen LogP contribution in [0.2, 0.25) is 0 Å². The Hall–Kier alpha value is -1.89. The predicted octanol–water partition coefficient (Wildman–Crippen LogP) is 4.17. The van der Waals surface area contributed by atoms with Crippen LogP contribution in [0.25, 0.3) is 11.1 Å². The molecule has 0 heterocycles. The molecule has 2 aromatic carbocycles. The number of methoxy groups -OCH3 is 1. The van der Waals surface area contributed by atoms with Crippen LogP contribution in [0.5, 0.6) is 5.75 Å². The van der Waals surface area contributed by atoms with Crippen molar-refractivity contribution in [3.63, 3.8) is 0 Å². The molecule has 0 aliphatic rings. The quantitative estimate of drug-likeness (QED) is 0.562. The molecule has 25 heavy (non-hydrogen) atoms. The lowest BCUT2D eigenvalue weighted by Gasteiger charge is -2.12. The van der Waals surface area contributed by atoms with E-state index in [1.165, 1.54) is 13.2 Å². The number of hydrogen-bond donors (Lipinski definition) is 1. The van der Waals surface area contributed by atoms with E-state index < -0.39 is 10.1 Å². The standard InChI is InChI=1S/C19H24O5S/c1-14(2)7-8-15-9-10-19(25(20,21)22)18(11-15)16-5-4-6-17(12-16)24-13-23-3/h4-6,9-12,14H,7-8,13H2,1-3H3,(H,20,21,22). The summed E-state index contributed by atoms with van der Waals surface area (Å²) < 4.78 is 43.4. The molecule has 2 aromatic rings. The van der Waals surface area contributed by atoms with E-state index in [-0.39, 0.29) is 11.7 Å². The molecule has 0 atom stereocenters. The second kappa shape index (κ2) is 8.47. The molecule has 0 bridgehead atoms. The van der Waals surface area contributed by atoms with E-state index in [1.807, 2.05) is 6.07 Å². The van der Waals surface area contributed by atoms with Crippen LogP contribution in [-0.2, 0) is 21.3 Å². The van der Waals surface area contributed by atoms with E-state index in [4.69, 9.17) is 9.47 Å². The summed E-state index contributed by atoms with van der Waals surface area (Å²) >= 11 is 0. The van der Waals surface area contributed by atoms with E-state index in [2.05, 4.69) is 13.8 Å². The Labute approximate surface area is 149 Å². The normalized spacial score (nSPS) is 11.7. The molecule has 136 valence electrons. The van der Waals surface area contributed by atoms with Gasteiger partial charge in [-0.05, 0) is 54.2 Å². The maximum Gasteiger partial charge on any atom is 0.295 e. The molecule has 0 aromatic heterocycles. The fourth-order valence-corrected chi connectivity index (χ4v) is 3.21. The summed E-state index contributed by atoms with van der Waals surface area (Å²) in [6.07, 6.45) is 1.85. The highest BCUT2D eigenvalue weighted by Crippen LogP contribution is 2.31. The minimum atomic E-state index is -4.32. The first kappa shape index (κ1) is 19.4. The number of benzene rings is 2. The zero-order valence-electron chi connectivity index (χ0n) is 14.7. The van der Waals surface area contributed by atoms with Crippen LogP contribution in [0.4, 0.5) is 0 Å². The number of aryl methyl sites for hydroxylation is 1. The van der Waals surface area contributed by atoms with Gasteiger partial charge in [0.1, 0.15) is 10.6 Å². The second-order valence-electron chi connectivity index (χ2n) is 6.32. The van der Waals surface area contributed by atoms with Gasteiger partial charge in [-0.15, -0.1) is 0 Å². The van der Waals surface area contributed by atoms with Crippen molar-refractivity contribution in [3.8, 4) is 16.9 Å². The van der Waals surface area contributed by atoms with Crippen LogP contribution < -0.4 is 4.74 Å². The summed E-state index contributed by atoms with van der Waals surface area (Å²) in [7, 11) is -2.80. The van der Waals surface area contributed by atoms with Gasteiger partial charge in [0.05, 0.1) is 0 Å². The lowest BCUT2D eigenvalue weighted by Crippen LogP contribution is -2.03. The first-order chi connectivity index (χ1) is 11.8.